The Labute approximate surface area is 163 Å². The standard InChI is InChI=1S/C21H24N4OS/c1-14(17-11-10-15-6-2-5-9-18(15)12-17)22-19(26)13-27-21-23-20(24-25-21)16-7-3-4-8-16/h2,5-6,9-12,14,16H,3-4,7-8,13H2,1H3,(H,22,26)(H,23,24,25). The number of aromatic amines is 1. The Kier molecular flexibility index (Phi) is 5.43. The van der Waals surface area contributed by atoms with Gasteiger partial charge in [0.05, 0.1) is 11.8 Å². The third-order valence-electron chi connectivity index (χ3n) is 5.21. The molecule has 0 saturated heterocycles. The van der Waals surface area contributed by atoms with Gasteiger partial charge in [0.2, 0.25) is 11.1 Å². The number of carbonyl (C=O) groups is 1. The molecular weight excluding hydrogens is 356 g/mol. The number of benzene rings is 2. The van der Waals surface area contributed by atoms with E-state index in [4.69, 9.17) is 0 Å². The van der Waals surface area contributed by atoms with Gasteiger partial charge in [0, 0.05) is 5.92 Å². The molecule has 0 spiro atoms. The average Bonchev–Trinajstić information content (AvgIpc) is 3.37. The lowest BCUT2D eigenvalue weighted by atomic mass is 10.0. The predicted molar refractivity (Wildman–Crippen MR) is 109 cm³/mol. The first-order valence-corrected chi connectivity index (χ1v) is 10.5. The minimum absolute atomic E-state index is 0.00660. The maximum absolute atomic E-state index is 12.3. The van der Waals surface area contributed by atoms with Crippen molar-refractivity contribution in [2.75, 3.05) is 5.75 Å². The van der Waals surface area contributed by atoms with Crippen LogP contribution in [0.5, 0.6) is 0 Å². The van der Waals surface area contributed by atoms with Crippen molar-refractivity contribution in [1.82, 2.24) is 20.5 Å². The predicted octanol–water partition coefficient (Wildman–Crippen LogP) is 4.59. The van der Waals surface area contributed by atoms with E-state index < -0.39 is 0 Å². The lowest BCUT2D eigenvalue weighted by Crippen LogP contribution is -2.28. The highest BCUT2D eigenvalue weighted by molar-refractivity contribution is 7.99. The Morgan fingerprint density at radius 2 is 2.00 bits per heavy atom. The maximum Gasteiger partial charge on any atom is 0.230 e. The Bertz CT molecular complexity index is 933. The molecule has 0 radical (unpaired) electrons. The lowest BCUT2D eigenvalue weighted by Gasteiger charge is -2.14. The minimum Gasteiger partial charge on any atom is -0.349 e. The van der Waals surface area contributed by atoms with Crippen LogP contribution >= 0.6 is 11.8 Å². The van der Waals surface area contributed by atoms with Gasteiger partial charge < -0.3 is 5.32 Å². The van der Waals surface area contributed by atoms with Crippen molar-refractivity contribution < 1.29 is 4.79 Å². The van der Waals surface area contributed by atoms with Crippen molar-refractivity contribution in [2.45, 2.75) is 49.7 Å². The molecule has 1 heterocycles. The van der Waals surface area contributed by atoms with E-state index in [0.717, 1.165) is 11.4 Å². The van der Waals surface area contributed by atoms with Crippen LogP contribution in [-0.2, 0) is 4.79 Å². The number of aromatic nitrogens is 3. The van der Waals surface area contributed by atoms with Crippen LogP contribution in [0.2, 0.25) is 0 Å². The molecule has 1 unspecified atom stereocenters. The summed E-state index contributed by atoms with van der Waals surface area (Å²) < 4.78 is 0. The van der Waals surface area contributed by atoms with Crippen LogP contribution in [0.15, 0.2) is 47.6 Å². The Balaban J connectivity index is 1.31. The van der Waals surface area contributed by atoms with Gasteiger partial charge in [0.25, 0.3) is 0 Å². The number of H-pyrrole nitrogens is 1. The molecule has 6 heteroatoms. The van der Waals surface area contributed by atoms with Gasteiger partial charge >= 0.3 is 0 Å². The summed E-state index contributed by atoms with van der Waals surface area (Å²) in [4.78, 5) is 16.9. The summed E-state index contributed by atoms with van der Waals surface area (Å²) in [6.45, 7) is 2.01. The first kappa shape index (κ1) is 18.0. The van der Waals surface area contributed by atoms with Gasteiger partial charge in [0.15, 0.2) is 0 Å². The zero-order valence-corrected chi connectivity index (χ0v) is 16.3. The van der Waals surface area contributed by atoms with Crippen LogP contribution < -0.4 is 5.32 Å². The third-order valence-corrected chi connectivity index (χ3v) is 6.05. The number of nitrogens with one attached hydrogen (secondary N) is 2. The van der Waals surface area contributed by atoms with Gasteiger partial charge in [-0.1, -0.05) is 61.0 Å². The Morgan fingerprint density at radius 1 is 1.22 bits per heavy atom. The highest BCUT2D eigenvalue weighted by Crippen LogP contribution is 2.32. The van der Waals surface area contributed by atoms with E-state index in [1.807, 2.05) is 19.1 Å². The van der Waals surface area contributed by atoms with Crippen LogP contribution in [0.1, 0.15) is 56.0 Å². The van der Waals surface area contributed by atoms with E-state index >= 15 is 0 Å². The van der Waals surface area contributed by atoms with E-state index in [1.54, 1.807) is 0 Å². The molecule has 2 aromatic carbocycles. The molecule has 1 aliphatic rings. The maximum atomic E-state index is 12.3. The van der Waals surface area contributed by atoms with Crippen molar-refractivity contribution >= 4 is 28.4 Å². The van der Waals surface area contributed by atoms with Crippen molar-refractivity contribution in [3.63, 3.8) is 0 Å². The van der Waals surface area contributed by atoms with E-state index in [1.165, 1.54) is 48.2 Å². The Hall–Kier alpha value is -2.34. The second-order valence-electron chi connectivity index (χ2n) is 7.17. The third kappa shape index (κ3) is 4.33. The molecule has 2 N–H and O–H groups in total. The number of amides is 1. The van der Waals surface area contributed by atoms with Crippen LogP contribution in [0.3, 0.4) is 0 Å². The monoisotopic (exact) mass is 380 g/mol. The molecule has 1 amide bonds. The van der Waals surface area contributed by atoms with Crippen LogP contribution in [-0.4, -0.2) is 26.8 Å². The van der Waals surface area contributed by atoms with Gasteiger partial charge in [-0.25, -0.2) is 4.98 Å². The molecule has 1 aliphatic carbocycles. The number of thioether (sulfide) groups is 1. The molecule has 4 rings (SSSR count). The molecule has 1 saturated carbocycles. The number of hydrogen-bond donors (Lipinski definition) is 2. The number of hydrogen-bond acceptors (Lipinski definition) is 4. The molecule has 0 aliphatic heterocycles. The highest BCUT2D eigenvalue weighted by Gasteiger charge is 2.21. The summed E-state index contributed by atoms with van der Waals surface area (Å²) in [6.07, 6.45) is 4.90. The largest absolute Gasteiger partial charge is 0.349 e. The molecule has 140 valence electrons. The number of rotatable bonds is 6. The molecule has 3 aromatic rings. The van der Waals surface area contributed by atoms with Crippen molar-refractivity contribution in [3.05, 3.63) is 53.9 Å². The SMILES string of the molecule is CC(NC(=O)CSc1n[nH]c(C2CCCC2)n1)c1ccc2ccccc2c1. The molecule has 0 bridgehead atoms. The fraction of sp³-hybridized carbons (Fsp3) is 0.381. The van der Waals surface area contributed by atoms with E-state index in [0.29, 0.717) is 16.8 Å². The first-order valence-electron chi connectivity index (χ1n) is 9.52. The van der Waals surface area contributed by atoms with Crippen molar-refractivity contribution in [2.24, 2.45) is 0 Å². The Morgan fingerprint density at radius 3 is 2.81 bits per heavy atom. The smallest absolute Gasteiger partial charge is 0.230 e. The molecule has 5 nitrogen and oxygen atoms in total. The zero-order chi connectivity index (χ0) is 18.6. The number of fused-ring (bicyclic) bond motifs is 1. The minimum atomic E-state index is -0.0381. The average molecular weight is 381 g/mol. The lowest BCUT2D eigenvalue weighted by molar-refractivity contribution is -0.119. The van der Waals surface area contributed by atoms with Crippen molar-refractivity contribution in [1.29, 1.82) is 0 Å². The topological polar surface area (TPSA) is 70.7 Å². The fourth-order valence-electron chi connectivity index (χ4n) is 3.68. The van der Waals surface area contributed by atoms with E-state index in [9.17, 15) is 4.79 Å². The van der Waals surface area contributed by atoms with E-state index in [-0.39, 0.29) is 11.9 Å². The normalized spacial score (nSPS) is 15.9. The first-order chi connectivity index (χ1) is 13.2. The number of carbonyl (C=O) groups excluding carboxylic acids is 1. The summed E-state index contributed by atoms with van der Waals surface area (Å²) >= 11 is 1.38. The highest BCUT2D eigenvalue weighted by atomic mass is 32.2. The van der Waals surface area contributed by atoms with Crippen LogP contribution in [0.25, 0.3) is 10.8 Å². The molecular formula is C21H24N4OS. The molecule has 1 fully saturated rings. The van der Waals surface area contributed by atoms with Gasteiger partial charge in [-0.15, -0.1) is 5.10 Å². The van der Waals surface area contributed by atoms with Gasteiger partial charge in [0.1, 0.15) is 5.82 Å². The zero-order valence-electron chi connectivity index (χ0n) is 15.4. The van der Waals surface area contributed by atoms with Gasteiger partial charge in [-0.05, 0) is 42.2 Å². The van der Waals surface area contributed by atoms with E-state index in [2.05, 4.69) is 50.8 Å². The van der Waals surface area contributed by atoms with Gasteiger partial charge in [-0.3, -0.25) is 9.89 Å². The van der Waals surface area contributed by atoms with Crippen LogP contribution in [0, 0.1) is 0 Å². The molecule has 1 aromatic heterocycles. The molecule has 1 atom stereocenters. The quantitative estimate of drug-likeness (QED) is 0.614. The van der Waals surface area contributed by atoms with Crippen molar-refractivity contribution in [3.8, 4) is 0 Å². The summed E-state index contributed by atoms with van der Waals surface area (Å²) in [5.74, 6) is 1.79. The fourth-order valence-corrected chi connectivity index (χ4v) is 4.29. The summed E-state index contributed by atoms with van der Waals surface area (Å²) in [5, 5.41) is 13.4. The summed E-state index contributed by atoms with van der Waals surface area (Å²) in [7, 11) is 0. The second kappa shape index (κ2) is 8.13. The molecule has 27 heavy (non-hydrogen) atoms. The van der Waals surface area contributed by atoms with Crippen LogP contribution in [0.4, 0.5) is 0 Å². The number of nitrogens with zero attached hydrogens (tertiary/aromatic N) is 2. The summed E-state index contributed by atoms with van der Waals surface area (Å²) in [5.41, 5.74) is 1.11. The summed E-state index contributed by atoms with van der Waals surface area (Å²) in [6, 6.07) is 14.5. The van der Waals surface area contributed by atoms with Gasteiger partial charge in [-0.2, -0.15) is 0 Å². The second-order valence-corrected chi connectivity index (χ2v) is 8.11.